The lowest BCUT2D eigenvalue weighted by Crippen LogP contribution is -2.11. The Kier molecular flexibility index (Phi) is 5.65. The van der Waals surface area contributed by atoms with Crippen LogP contribution in [0.25, 0.3) is 0 Å². The van der Waals surface area contributed by atoms with Gasteiger partial charge in [-0.05, 0) is 23.8 Å². The van der Waals surface area contributed by atoms with E-state index in [9.17, 15) is 18.7 Å². The fourth-order valence-corrected chi connectivity index (χ4v) is 1.98. The first-order valence-corrected chi connectivity index (χ1v) is 6.91. The fourth-order valence-electron chi connectivity index (χ4n) is 1.98. The average Bonchev–Trinajstić information content (AvgIpc) is 2.53. The number of aliphatic hydroxyl groups is 1. The van der Waals surface area contributed by atoms with Crippen LogP contribution in [-0.2, 0) is 16.0 Å². The summed E-state index contributed by atoms with van der Waals surface area (Å²) in [7, 11) is 1.32. The summed E-state index contributed by atoms with van der Waals surface area (Å²) in [6.45, 7) is -0.182. The highest BCUT2D eigenvalue weighted by Gasteiger charge is 2.14. The zero-order chi connectivity index (χ0) is 16.8. The number of carbonyl (C=O) groups is 1. The molecule has 0 heterocycles. The Balaban J connectivity index is 1.93. The van der Waals surface area contributed by atoms with E-state index in [1.807, 2.05) is 0 Å². The van der Waals surface area contributed by atoms with E-state index in [4.69, 9.17) is 4.74 Å². The molecule has 23 heavy (non-hydrogen) atoms. The number of halogens is 2. The quantitative estimate of drug-likeness (QED) is 0.831. The van der Waals surface area contributed by atoms with Crippen LogP contribution in [0.1, 0.15) is 17.2 Å². The molecule has 2 rings (SSSR count). The third-order valence-corrected chi connectivity index (χ3v) is 3.23. The van der Waals surface area contributed by atoms with Gasteiger partial charge in [0.2, 0.25) is 0 Å². The molecule has 0 saturated heterocycles. The van der Waals surface area contributed by atoms with Crippen molar-refractivity contribution in [2.75, 3.05) is 13.7 Å². The highest BCUT2D eigenvalue weighted by Crippen LogP contribution is 2.20. The summed E-state index contributed by atoms with van der Waals surface area (Å²) in [5, 5.41) is 9.91. The van der Waals surface area contributed by atoms with Crippen LogP contribution in [0.5, 0.6) is 5.75 Å². The molecule has 1 atom stereocenters. The number of hydrogen-bond donors (Lipinski definition) is 1. The van der Waals surface area contributed by atoms with Crippen LogP contribution in [0.4, 0.5) is 8.78 Å². The second-order valence-corrected chi connectivity index (χ2v) is 4.89. The van der Waals surface area contributed by atoms with Gasteiger partial charge in [-0.1, -0.05) is 18.2 Å². The molecule has 0 bridgehead atoms. The molecular formula is C17H16F2O4. The number of esters is 1. The Morgan fingerprint density at radius 3 is 2.48 bits per heavy atom. The Morgan fingerprint density at radius 1 is 1.17 bits per heavy atom. The third-order valence-electron chi connectivity index (χ3n) is 3.23. The van der Waals surface area contributed by atoms with Crippen molar-refractivity contribution in [1.29, 1.82) is 0 Å². The molecule has 0 aromatic heterocycles. The van der Waals surface area contributed by atoms with Crippen LogP contribution < -0.4 is 4.74 Å². The normalized spacial score (nSPS) is 11.8. The molecule has 0 aliphatic carbocycles. The number of rotatable bonds is 6. The van der Waals surface area contributed by atoms with Gasteiger partial charge in [0.15, 0.2) is 0 Å². The van der Waals surface area contributed by atoms with Crippen molar-refractivity contribution in [2.45, 2.75) is 12.5 Å². The predicted molar refractivity (Wildman–Crippen MR) is 79.0 cm³/mol. The molecular weight excluding hydrogens is 306 g/mol. The second-order valence-electron chi connectivity index (χ2n) is 4.89. The smallest absolute Gasteiger partial charge is 0.309 e. The summed E-state index contributed by atoms with van der Waals surface area (Å²) in [5.41, 5.74) is 0.725. The molecule has 0 fully saturated rings. The highest BCUT2D eigenvalue weighted by atomic mass is 19.1. The molecule has 0 saturated carbocycles. The molecule has 0 aliphatic rings. The van der Waals surface area contributed by atoms with E-state index in [1.165, 1.54) is 13.2 Å². The lowest BCUT2D eigenvalue weighted by atomic mass is 10.1. The maximum atomic E-state index is 13.5. The van der Waals surface area contributed by atoms with Gasteiger partial charge < -0.3 is 14.6 Å². The average molecular weight is 322 g/mol. The minimum atomic E-state index is -1.22. The summed E-state index contributed by atoms with van der Waals surface area (Å²) >= 11 is 0. The molecule has 2 aromatic carbocycles. The zero-order valence-electron chi connectivity index (χ0n) is 12.5. The first-order chi connectivity index (χ1) is 11.0. The van der Waals surface area contributed by atoms with Crippen LogP contribution in [-0.4, -0.2) is 24.8 Å². The van der Waals surface area contributed by atoms with Crippen molar-refractivity contribution in [3.63, 3.8) is 0 Å². The minimum absolute atomic E-state index is 0.0336. The van der Waals surface area contributed by atoms with Gasteiger partial charge in [-0.2, -0.15) is 0 Å². The monoisotopic (exact) mass is 322 g/mol. The second kappa shape index (κ2) is 7.69. The van der Waals surface area contributed by atoms with Gasteiger partial charge in [-0.25, -0.2) is 8.78 Å². The Hall–Kier alpha value is -2.47. The maximum absolute atomic E-state index is 13.5. The molecule has 0 radical (unpaired) electrons. The summed E-state index contributed by atoms with van der Waals surface area (Å²) in [5.74, 6) is -1.42. The fraction of sp³-hybridized carbons (Fsp3) is 0.235. The number of carbonyl (C=O) groups excluding carboxylic acids is 1. The van der Waals surface area contributed by atoms with Crippen LogP contribution in [0.15, 0.2) is 42.5 Å². The van der Waals surface area contributed by atoms with E-state index < -0.39 is 17.7 Å². The summed E-state index contributed by atoms with van der Waals surface area (Å²) in [6.07, 6.45) is -1.06. The summed E-state index contributed by atoms with van der Waals surface area (Å²) < 4.78 is 36.3. The van der Waals surface area contributed by atoms with Crippen molar-refractivity contribution >= 4 is 5.97 Å². The lowest BCUT2D eigenvalue weighted by molar-refractivity contribution is -0.139. The van der Waals surface area contributed by atoms with E-state index in [0.29, 0.717) is 11.8 Å². The van der Waals surface area contributed by atoms with Crippen molar-refractivity contribution in [3.05, 3.63) is 65.2 Å². The summed E-state index contributed by atoms with van der Waals surface area (Å²) in [4.78, 5) is 11.1. The Morgan fingerprint density at radius 2 is 1.87 bits per heavy atom. The predicted octanol–water partition coefficient (Wildman–Crippen LogP) is 2.79. The van der Waals surface area contributed by atoms with Gasteiger partial charge >= 0.3 is 5.97 Å². The minimum Gasteiger partial charge on any atom is -0.491 e. The van der Waals surface area contributed by atoms with Crippen LogP contribution in [0.2, 0.25) is 0 Å². The maximum Gasteiger partial charge on any atom is 0.309 e. The van der Waals surface area contributed by atoms with Crippen molar-refractivity contribution in [2.24, 2.45) is 0 Å². The van der Waals surface area contributed by atoms with E-state index in [-0.39, 0.29) is 24.6 Å². The number of methoxy groups -OCH3 is 1. The lowest BCUT2D eigenvalue weighted by Gasteiger charge is -2.13. The van der Waals surface area contributed by atoms with E-state index >= 15 is 0 Å². The number of ether oxygens (including phenoxy) is 2. The molecule has 1 unspecified atom stereocenters. The zero-order valence-corrected chi connectivity index (χ0v) is 12.5. The van der Waals surface area contributed by atoms with Gasteiger partial charge in [0.1, 0.15) is 30.1 Å². The van der Waals surface area contributed by atoms with E-state index in [0.717, 1.165) is 11.6 Å². The van der Waals surface area contributed by atoms with Crippen molar-refractivity contribution in [3.8, 4) is 5.75 Å². The van der Waals surface area contributed by atoms with Gasteiger partial charge in [0, 0.05) is 11.6 Å². The van der Waals surface area contributed by atoms with Gasteiger partial charge in [0.25, 0.3) is 0 Å². The number of benzene rings is 2. The Bertz CT molecular complexity index is 671. The molecule has 0 aliphatic heterocycles. The topological polar surface area (TPSA) is 55.8 Å². The van der Waals surface area contributed by atoms with Gasteiger partial charge in [-0.3, -0.25) is 4.79 Å². The number of hydrogen-bond acceptors (Lipinski definition) is 4. The molecule has 2 aromatic rings. The highest BCUT2D eigenvalue weighted by molar-refractivity contribution is 5.72. The molecule has 4 nitrogen and oxygen atoms in total. The number of aliphatic hydroxyl groups excluding tert-OH is 1. The van der Waals surface area contributed by atoms with Crippen molar-refractivity contribution < 1.29 is 28.2 Å². The molecule has 1 N–H and O–H groups in total. The van der Waals surface area contributed by atoms with Crippen molar-refractivity contribution in [1.82, 2.24) is 0 Å². The standard InChI is InChI=1S/C17H16F2O4/c1-22-17(21)8-11-2-5-13(6-3-11)23-10-16(20)14-7-4-12(18)9-15(14)19/h2-7,9,16,20H,8,10H2,1H3. The van der Waals surface area contributed by atoms with E-state index in [1.54, 1.807) is 24.3 Å². The first-order valence-electron chi connectivity index (χ1n) is 6.91. The van der Waals surface area contributed by atoms with Gasteiger partial charge in [-0.15, -0.1) is 0 Å². The van der Waals surface area contributed by atoms with Crippen LogP contribution >= 0.6 is 0 Å². The molecule has 0 amide bonds. The van der Waals surface area contributed by atoms with Crippen LogP contribution in [0, 0.1) is 11.6 Å². The SMILES string of the molecule is COC(=O)Cc1ccc(OCC(O)c2ccc(F)cc2F)cc1. The summed E-state index contributed by atoms with van der Waals surface area (Å²) in [6, 6.07) is 9.60. The molecule has 0 spiro atoms. The molecule has 122 valence electrons. The largest absolute Gasteiger partial charge is 0.491 e. The Labute approximate surface area is 132 Å². The molecule has 6 heteroatoms. The van der Waals surface area contributed by atoms with Gasteiger partial charge in [0.05, 0.1) is 13.5 Å². The van der Waals surface area contributed by atoms with E-state index in [2.05, 4.69) is 4.74 Å². The third kappa shape index (κ3) is 4.75. The first kappa shape index (κ1) is 16.9. The van der Waals surface area contributed by atoms with Crippen LogP contribution in [0.3, 0.4) is 0 Å².